The molecule has 0 spiro atoms. The molecule has 16 heavy (non-hydrogen) atoms. The molecule has 1 aliphatic rings. The van der Waals surface area contributed by atoms with E-state index in [1.54, 1.807) is 12.4 Å². The first-order valence-electron chi connectivity index (χ1n) is 5.69. The summed E-state index contributed by atoms with van der Waals surface area (Å²) in [5.74, 6) is 0.789. The minimum absolute atomic E-state index is 0.441. The zero-order valence-electron chi connectivity index (χ0n) is 9.93. The summed E-state index contributed by atoms with van der Waals surface area (Å²) in [6.07, 6.45) is 4.49. The average Bonchev–Trinajstić information content (AvgIpc) is 2.41. The van der Waals surface area contributed by atoms with Crippen molar-refractivity contribution in [1.29, 1.82) is 0 Å². The van der Waals surface area contributed by atoms with Crippen LogP contribution in [0.3, 0.4) is 0 Å². The van der Waals surface area contributed by atoms with Gasteiger partial charge in [0, 0.05) is 19.1 Å². The summed E-state index contributed by atoms with van der Waals surface area (Å²) >= 11 is 0. The SMILES string of the molecule is CC1CN(C)CCCN1c1ncc(N)cn1. The maximum atomic E-state index is 5.59. The smallest absolute Gasteiger partial charge is 0.225 e. The molecule has 0 aliphatic carbocycles. The Kier molecular flexibility index (Phi) is 3.24. The second-order valence-electron chi connectivity index (χ2n) is 4.47. The Hall–Kier alpha value is -1.36. The van der Waals surface area contributed by atoms with E-state index >= 15 is 0 Å². The quantitative estimate of drug-likeness (QED) is 0.752. The van der Waals surface area contributed by atoms with Gasteiger partial charge in [-0.3, -0.25) is 0 Å². The third kappa shape index (κ3) is 2.41. The van der Waals surface area contributed by atoms with Crippen LogP contribution in [0.25, 0.3) is 0 Å². The highest BCUT2D eigenvalue weighted by molar-refractivity contribution is 5.38. The highest BCUT2D eigenvalue weighted by Gasteiger charge is 2.21. The third-order valence-electron chi connectivity index (χ3n) is 2.96. The van der Waals surface area contributed by atoms with Crippen molar-refractivity contribution >= 4 is 11.6 Å². The van der Waals surface area contributed by atoms with Crippen LogP contribution in [-0.4, -0.2) is 47.6 Å². The molecule has 5 nitrogen and oxygen atoms in total. The van der Waals surface area contributed by atoms with Gasteiger partial charge in [0.15, 0.2) is 0 Å². The number of nitrogens with zero attached hydrogens (tertiary/aromatic N) is 4. The van der Waals surface area contributed by atoms with E-state index in [2.05, 4.69) is 33.7 Å². The van der Waals surface area contributed by atoms with Crippen molar-refractivity contribution in [2.24, 2.45) is 0 Å². The first-order valence-corrected chi connectivity index (χ1v) is 5.69. The molecule has 1 unspecified atom stereocenters. The lowest BCUT2D eigenvalue weighted by Gasteiger charge is -2.27. The number of aromatic nitrogens is 2. The van der Waals surface area contributed by atoms with Crippen molar-refractivity contribution in [2.45, 2.75) is 19.4 Å². The van der Waals surface area contributed by atoms with Crippen LogP contribution in [0.2, 0.25) is 0 Å². The van der Waals surface area contributed by atoms with E-state index in [-0.39, 0.29) is 0 Å². The summed E-state index contributed by atoms with van der Waals surface area (Å²) < 4.78 is 0. The number of anilines is 2. The lowest BCUT2D eigenvalue weighted by Crippen LogP contribution is -2.38. The minimum Gasteiger partial charge on any atom is -0.396 e. The largest absolute Gasteiger partial charge is 0.396 e. The van der Waals surface area contributed by atoms with E-state index in [0.29, 0.717) is 11.7 Å². The Morgan fingerprint density at radius 3 is 2.69 bits per heavy atom. The molecule has 0 amide bonds. The molecule has 0 aromatic carbocycles. The summed E-state index contributed by atoms with van der Waals surface area (Å²) in [6, 6.07) is 0.441. The molecule has 88 valence electrons. The topological polar surface area (TPSA) is 58.3 Å². The summed E-state index contributed by atoms with van der Waals surface area (Å²) in [4.78, 5) is 13.2. The number of nitrogen functional groups attached to an aromatic ring is 1. The molecular formula is C11H19N5. The Labute approximate surface area is 96.3 Å². The fourth-order valence-corrected chi connectivity index (χ4v) is 2.15. The van der Waals surface area contributed by atoms with Crippen molar-refractivity contribution in [2.75, 3.05) is 37.3 Å². The van der Waals surface area contributed by atoms with Crippen molar-refractivity contribution in [3.63, 3.8) is 0 Å². The predicted molar refractivity (Wildman–Crippen MR) is 65.4 cm³/mol. The monoisotopic (exact) mass is 221 g/mol. The summed E-state index contributed by atoms with van der Waals surface area (Å²) in [5.41, 5.74) is 6.21. The van der Waals surface area contributed by atoms with Gasteiger partial charge in [0.05, 0.1) is 18.1 Å². The van der Waals surface area contributed by atoms with Gasteiger partial charge in [0.25, 0.3) is 0 Å². The van der Waals surface area contributed by atoms with E-state index in [1.165, 1.54) is 0 Å². The predicted octanol–water partition coefficient (Wildman–Crippen LogP) is 0.589. The molecular weight excluding hydrogens is 202 g/mol. The number of nitrogens with two attached hydrogens (primary N) is 1. The molecule has 0 saturated carbocycles. The fourth-order valence-electron chi connectivity index (χ4n) is 2.15. The molecule has 1 aromatic heterocycles. The van der Waals surface area contributed by atoms with Crippen molar-refractivity contribution < 1.29 is 0 Å². The van der Waals surface area contributed by atoms with Crippen LogP contribution in [0, 0.1) is 0 Å². The maximum Gasteiger partial charge on any atom is 0.225 e. The highest BCUT2D eigenvalue weighted by atomic mass is 15.3. The van der Waals surface area contributed by atoms with Gasteiger partial charge in [-0.15, -0.1) is 0 Å². The van der Waals surface area contributed by atoms with Crippen LogP contribution < -0.4 is 10.6 Å². The molecule has 1 saturated heterocycles. The van der Waals surface area contributed by atoms with Gasteiger partial charge in [-0.25, -0.2) is 9.97 Å². The number of hydrogen-bond donors (Lipinski definition) is 1. The first kappa shape index (κ1) is 11.1. The molecule has 2 heterocycles. The molecule has 0 radical (unpaired) electrons. The molecule has 1 fully saturated rings. The Morgan fingerprint density at radius 1 is 1.31 bits per heavy atom. The van der Waals surface area contributed by atoms with Crippen LogP contribution in [-0.2, 0) is 0 Å². The lowest BCUT2D eigenvalue weighted by atomic mass is 10.3. The fraction of sp³-hybridized carbons (Fsp3) is 0.636. The van der Waals surface area contributed by atoms with Crippen molar-refractivity contribution in [3.8, 4) is 0 Å². The second kappa shape index (κ2) is 4.65. The minimum atomic E-state index is 0.441. The van der Waals surface area contributed by atoms with Gasteiger partial charge in [-0.2, -0.15) is 0 Å². The lowest BCUT2D eigenvalue weighted by molar-refractivity contribution is 0.337. The molecule has 1 aromatic rings. The van der Waals surface area contributed by atoms with Crippen LogP contribution >= 0.6 is 0 Å². The highest BCUT2D eigenvalue weighted by Crippen LogP contribution is 2.15. The summed E-state index contributed by atoms with van der Waals surface area (Å²) in [6.45, 7) is 5.40. The van der Waals surface area contributed by atoms with Crippen LogP contribution in [0.4, 0.5) is 11.6 Å². The van der Waals surface area contributed by atoms with Crippen LogP contribution in [0.5, 0.6) is 0 Å². The normalized spacial score (nSPS) is 23.1. The van der Waals surface area contributed by atoms with E-state index in [1.807, 2.05) is 0 Å². The third-order valence-corrected chi connectivity index (χ3v) is 2.96. The molecule has 5 heteroatoms. The summed E-state index contributed by atoms with van der Waals surface area (Å²) in [5, 5.41) is 0. The van der Waals surface area contributed by atoms with E-state index in [9.17, 15) is 0 Å². The Balaban J connectivity index is 2.15. The first-order chi connectivity index (χ1) is 7.66. The van der Waals surface area contributed by atoms with Crippen molar-refractivity contribution in [3.05, 3.63) is 12.4 Å². The molecule has 2 rings (SSSR count). The molecule has 0 bridgehead atoms. The second-order valence-corrected chi connectivity index (χ2v) is 4.47. The number of rotatable bonds is 1. The Bertz CT molecular complexity index is 337. The zero-order valence-corrected chi connectivity index (χ0v) is 9.93. The average molecular weight is 221 g/mol. The maximum absolute atomic E-state index is 5.59. The van der Waals surface area contributed by atoms with Gasteiger partial charge in [0.2, 0.25) is 5.95 Å². The van der Waals surface area contributed by atoms with Crippen LogP contribution in [0.1, 0.15) is 13.3 Å². The molecule has 2 N–H and O–H groups in total. The van der Waals surface area contributed by atoms with E-state index in [0.717, 1.165) is 32.0 Å². The van der Waals surface area contributed by atoms with Gasteiger partial charge in [-0.1, -0.05) is 0 Å². The van der Waals surface area contributed by atoms with Gasteiger partial charge in [-0.05, 0) is 26.9 Å². The van der Waals surface area contributed by atoms with Crippen molar-refractivity contribution in [1.82, 2.24) is 14.9 Å². The number of likely N-dealkylation sites (N-methyl/N-ethyl adjacent to an activating group) is 1. The Morgan fingerprint density at radius 2 is 2.00 bits per heavy atom. The van der Waals surface area contributed by atoms with Gasteiger partial charge >= 0.3 is 0 Å². The zero-order chi connectivity index (χ0) is 11.5. The number of hydrogen-bond acceptors (Lipinski definition) is 5. The van der Waals surface area contributed by atoms with E-state index < -0.39 is 0 Å². The summed E-state index contributed by atoms with van der Waals surface area (Å²) in [7, 11) is 2.16. The van der Waals surface area contributed by atoms with Gasteiger partial charge in [0.1, 0.15) is 0 Å². The van der Waals surface area contributed by atoms with E-state index in [4.69, 9.17) is 5.73 Å². The van der Waals surface area contributed by atoms with Gasteiger partial charge < -0.3 is 15.5 Å². The standard InChI is InChI=1S/C11H19N5/c1-9-8-15(2)4-3-5-16(9)11-13-6-10(12)7-14-11/h6-7,9H,3-5,8,12H2,1-2H3. The molecule has 1 atom stereocenters. The molecule has 1 aliphatic heterocycles. The van der Waals surface area contributed by atoms with Crippen LogP contribution in [0.15, 0.2) is 12.4 Å².